The van der Waals surface area contributed by atoms with E-state index in [1.165, 1.54) is 12.1 Å². The Kier molecular flexibility index (Phi) is 4.23. The van der Waals surface area contributed by atoms with Gasteiger partial charge in [-0.25, -0.2) is 14.2 Å². The summed E-state index contributed by atoms with van der Waals surface area (Å²) in [6.07, 6.45) is 2.60. The molecule has 0 bridgehead atoms. The van der Waals surface area contributed by atoms with E-state index >= 15 is 0 Å². The molecule has 3 aromatic rings. The van der Waals surface area contributed by atoms with Crippen molar-refractivity contribution >= 4 is 11.8 Å². The SMILES string of the molecule is O=C(NCc1nncn1-c1ccccc1)Nc1ccc(F)cn1. The number of pyridine rings is 1. The Morgan fingerprint density at radius 2 is 2.00 bits per heavy atom. The average molecular weight is 312 g/mol. The fourth-order valence-electron chi connectivity index (χ4n) is 1.95. The third-order valence-electron chi connectivity index (χ3n) is 3.03. The van der Waals surface area contributed by atoms with Gasteiger partial charge in [0.25, 0.3) is 0 Å². The predicted octanol–water partition coefficient (Wildman–Crippen LogP) is 2.12. The van der Waals surface area contributed by atoms with Crippen LogP contribution >= 0.6 is 0 Å². The molecule has 2 amide bonds. The molecule has 0 radical (unpaired) electrons. The smallest absolute Gasteiger partial charge is 0.320 e. The zero-order chi connectivity index (χ0) is 16.1. The summed E-state index contributed by atoms with van der Waals surface area (Å²) in [7, 11) is 0. The molecule has 2 N–H and O–H groups in total. The summed E-state index contributed by atoms with van der Waals surface area (Å²) in [5, 5.41) is 13.0. The molecule has 3 rings (SSSR count). The Bertz CT molecular complexity index is 787. The topological polar surface area (TPSA) is 84.7 Å². The normalized spacial score (nSPS) is 10.3. The van der Waals surface area contributed by atoms with E-state index in [4.69, 9.17) is 0 Å². The number of carbonyl (C=O) groups excluding carboxylic acids is 1. The van der Waals surface area contributed by atoms with Gasteiger partial charge >= 0.3 is 6.03 Å². The van der Waals surface area contributed by atoms with Gasteiger partial charge in [0.15, 0.2) is 5.82 Å². The molecular weight excluding hydrogens is 299 g/mol. The number of anilines is 1. The molecule has 0 spiro atoms. The lowest BCUT2D eigenvalue weighted by Gasteiger charge is -2.08. The van der Waals surface area contributed by atoms with Crippen molar-refractivity contribution in [2.75, 3.05) is 5.32 Å². The highest BCUT2D eigenvalue weighted by atomic mass is 19.1. The molecule has 0 aliphatic rings. The van der Waals surface area contributed by atoms with Gasteiger partial charge in [-0.05, 0) is 24.3 Å². The van der Waals surface area contributed by atoms with E-state index < -0.39 is 11.8 Å². The third-order valence-corrected chi connectivity index (χ3v) is 3.03. The van der Waals surface area contributed by atoms with Crippen molar-refractivity contribution in [1.29, 1.82) is 0 Å². The number of nitrogens with one attached hydrogen (secondary N) is 2. The van der Waals surface area contributed by atoms with E-state index in [1.54, 1.807) is 10.9 Å². The van der Waals surface area contributed by atoms with Crippen LogP contribution in [0.3, 0.4) is 0 Å². The largest absolute Gasteiger partial charge is 0.331 e. The minimum absolute atomic E-state index is 0.182. The highest BCUT2D eigenvalue weighted by Gasteiger charge is 2.08. The molecule has 7 nitrogen and oxygen atoms in total. The number of nitrogens with zero attached hydrogens (tertiary/aromatic N) is 4. The Morgan fingerprint density at radius 3 is 2.74 bits per heavy atom. The fraction of sp³-hybridized carbons (Fsp3) is 0.0667. The first-order valence-corrected chi connectivity index (χ1v) is 6.83. The minimum Gasteiger partial charge on any atom is -0.331 e. The molecule has 0 saturated carbocycles. The molecule has 0 aliphatic heterocycles. The van der Waals surface area contributed by atoms with Crippen LogP contribution in [-0.2, 0) is 6.54 Å². The molecule has 2 heterocycles. The number of carbonyl (C=O) groups is 1. The van der Waals surface area contributed by atoms with Crippen molar-refractivity contribution in [3.8, 4) is 5.69 Å². The molecule has 1 aromatic carbocycles. The van der Waals surface area contributed by atoms with Gasteiger partial charge in [-0.1, -0.05) is 18.2 Å². The van der Waals surface area contributed by atoms with Gasteiger partial charge in [-0.3, -0.25) is 9.88 Å². The first-order valence-electron chi connectivity index (χ1n) is 6.83. The van der Waals surface area contributed by atoms with Gasteiger partial charge in [0.2, 0.25) is 0 Å². The molecule has 2 aromatic heterocycles. The number of urea groups is 1. The summed E-state index contributed by atoms with van der Waals surface area (Å²) < 4.78 is 14.5. The van der Waals surface area contributed by atoms with Crippen LogP contribution in [0, 0.1) is 5.82 Å². The molecule has 23 heavy (non-hydrogen) atoms. The van der Waals surface area contributed by atoms with Crippen LogP contribution in [0.2, 0.25) is 0 Å². The van der Waals surface area contributed by atoms with Crippen LogP contribution in [0.15, 0.2) is 55.0 Å². The van der Waals surface area contributed by atoms with E-state index in [2.05, 4.69) is 25.8 Å². The van der Waals surface area contributed by atoms with Gasteiger partial charge in [0.05, 0.1) is 12.7 Å². The van der Waals surface area contributed by atoms with Crippen LogP contribution in [-0.4, -0.2) is 25.8 Å². The average Bonchev–Trinajstić information content (AvgIpc) is 3.04. The van der Waals surface area contributed by atoms with E-state index in [-0.39, 0.29) is 12.4 Å². The lowest BCUT2D eigenvalue weighted by molar-refractivity contribution is 0.251. The van der Waals surface area contributed by atoms with Crippen molar-refractivity contribution < 1.29 is 9.18 Å². The maximum absolute atomic E-state index is 12.8. The number of hydrogen-bond acceptors (Lipinski definition) is 4. The molecule has 0 fully saturated rings. The molecule has 116 valence electrons. The van der Waals surface area contributed by atoms with Crippen LogP contribution in [0.4, 0.5) is 15.0 Å². The molecule has 0 unspecified atom stereocenters. The van der Waals surface area contributed by atoms with Crippen LogP contribution in [0.1, 0.15) is 5.82 Å². The first-order chi connectivity index (χ1) is 11.2. The Balaban J connectivity index is 1.62. The Labute approximate surface area is 131 Å². The summed E-state index contributed by atoms with van der Waals surface area (Å²) in [6, 6.07) is 11.7. The predicted molar refractivity (Wildman–Crippen MR) is 81.4 cm³/mol. The lowest BCUT2D eigenvalue weighted by atomic mass is 10.3. The van der Waals surface area contributed by atoms with Gasteiger partial charge in [-0.2, -0.15) is 0 Å². The van der Waals surface area contributed by atoms with Crippen molar-refractivity contribution in [2.24, 2.45) is 0 Å². The summed E-state index contributed by atoms with van der Waals surface area (Å²) in [5.41, 5.74) is 0.898. The van der Waals surface area contributed by atoms with Crippen LogP contribution in [0.25, 0.3) is 5.69 Å². The van der Waals surface area contributed by atoms with Gasteiger partial charge < -0.3 is 5.32 Å². The third kappa shape index (κ3) is 3.67. The highest BCUT2D eigenvalue weighted by Crippen LogP contribution is 2.09. The van der Waals surface area contributed by atoms with Gasteiger partial charge in [0.1, 0.15) is 18.0 Å². The summed E-state index contributed by atoms with van der Waals surface area (Å²) in [5.74, 6) is 0.374. The highest BCUT2D eigenvalue weighted by molar-refractivity contribution is 5.88. The Morgan fingerprint density at radius 1 is 1.17 bits per heavy atom. The Hall–Kier alpha value is -3.29. The molecule has 0 aliphatic carbocycles. The molecule has 0 atom stereocenters. The van der Waals surface area contributed by atoms with E-state index in [1.807, 2.05) is 30.3 Å². The second-order valence-electron chi connectivity index (χ2n) is 4.62. The minimum atomic E-state index is -0.466. The molecule has 0 saturated heterocycles. The quantitative estimate of drug-likeness (QED) is 0.773. The van der Waals surface area contributed by atoms with Crippen molar-refractivity contribution in [3.63, 3.8) is 0 Å². The number of benzene rings is 1. The van der Waals surface area contributed by atoms with Crippen LogP contribution in [0.5, 0.6) is 0 Å². The number of para-hydroxylation sites is 1. The second kappa shape index (κ2) is 6.65. The van der Waals surface area contributed by atoms with Crippen molar-refractivity contribution in [1.82, 2.24) is 25.1 Å². The number of halogens is 1. The van der Waals surface area contributed by atoms with Crippen molar-refractivity contribution in [3.05, 3.63) is 66.6 Å². The van der Waals surface area contributed by atoms with Gasteiger partial charge in [-0.15, -0.1) is 10.2 Å². The zero-order valence-corrected chi connectivity index (χ0v) is 12.0. The van der Waals surface area contributed by atoms with E-state index in [0.29, 0.717) is 5.82 Å². The van der Waals surface area contributed by atoms with E-state index in [0.717, 1.165) is 11.9 Å². The molecular formula is C15H13FN6O. The lowest BCUT2D eigenvalue weighted by Crippen LogP contribution is -2.29. The monoisotopic (exact) mass is 312 g/mol. The number of aromatic nitrogens is 4. The number of hydrogen-bond donors (Lipinski definition) is 2. The van der Waals surface area contributed by atoms with E-state index in [9.17, 15) is 9.18 Å². The maximum Gasteiger partial charge on any atom is 0.320 e. The molecule has 8 heteroatoms. The summed E-state index contributed by atoms with van der Waals surface area (Å²) in [4.78, 5) is 15.6. The maximum atomic E-state index is 12.8. The van der Waals surface area contributed by atoms with Gasteiger partial charge in [0, 0.05) is 5.69 Å². The standard InChI is InChI=1S/C15H13FN6O/c16-11-6-7-13(17-8-11)20-15(23)18-9-14-21-19-10-22(14)12-4-2-1-3-5-12/h1-8,10H,9H2,(H2,17,18,20,23). The second-order valence-corrected chi connectivity index (χ2v) is 4.62. The van der Waals surface area contributed by atoms with Crippen molar-refractivity contribution in [2.45, 2.75) is 6.54 Å². The van der Waals surface area contributed by atoms with Crippen LogP contribution < -0.4 is 10.6 Å². The first kappa shape index (κ1) is 14.6. The zero-order valence-electron chi connectivity index (χ0n) is 12.0. The number of rotatable bonds is 4. The fourth-order valence-corrected chi connectivity index (χ4v) is 1.95. The summed E-state index contributed by atoms with van der Waals surface area (Å²) >= 11 is 0. The summed E-state index contributed by atoms with van der Waals surface area (Å²) in [6.45, 7) is 0.182. The number of amides is 2.